The van der Waals surface area contributed by atoms with Gasteiger partial charge in [0.05, 0.1) is 32.5 Å². The summed E-state index contributed by atoms with van der Waals surface area (Å²) in [5, 5.41) is 0. The second kappa shape index (κ2) is 7.42. The third-order valence-corrected chi connectivity index (χ3v) is 3.66. The molecular formula is C15H28N2O4. The predicted molar refractivity (Wildman–Crippen MR) is 79.4 cm³/mol. The molecule has 2 heterocycles. The Balaban J connectivity index is 1.62. The first-order valence-electron chi connectivity index (χ1n) is 7.84. The van der Waals surface area contributed by atoms with Crippen molar-refractivity contribution in [1.29, 1.82) is 0 Å². The number of likely N-dealkylation sites (tertiary alicyclic amines) is 1. The maximum Gasteiger partial charge on any atom is 0.410 e. The second-order valence-electron chi connectivity index (χ2n) is 6.66. The summed E-state index contributed by atoms with van der Waals surface area (Å²) in [7, 11) is 0. The van der Waals surface area contributed by atoms with Crippen LogP contribution >= 0.6 is 0 Å². The SMILES string of the molecule is CC(C)(C)OC(=O)N1CCC(OCCN2CCOCC2)C1. The van der Waals surface area contributed by atoms with E-state index < -0.39 is 5.60 Å². The number of carbonyl (C=O) groups is 1. The third kappa shape index (κ3) is 5.80. The van der Waals surface area contributed by atoms with Crippen molar-refractivity contribution < 1.29 is 19.0 Å². The molecule has 2 saturated heterocycles. The molecule has 6 nitrogen and oxygen atoms in total. The van der Waals surface area contributed by atoms with E-state index in [2.05, 4.69) is 4.90 Å². The summed E-state index contributed by atoms with van der Waals surface area (Å²) in [6.07, 6.45) is 0.794. The lowest BCUT2D eigenvalue weighted by Gasteiger charge is -2.27. The van der Waals surface area contributed by atoms with E-state index in [1.54, 1.807) is 4.90 Å². The monoisotopic (exact) mass is 300 g/mol. The van der Waals surface area contributed by atoms with Gasteiger partial charge in [-0.2, -0.15) is 0 Å². The molecule has 2 aliphatic rings. The predicted octanol–water partition coefficient (Wildman–Crippen LogP) is 1.34. The van der Waals surface area contributed by atoms with E-state index in [0.29, 0.717) is 13.2 Å². The van der Waals surface area contributed by atoms with Gasteiger partial charge in [-0.1, -0.05) is 0 Å². The van der Waals surface area contributed by atoms with Gasteiger partial charge >= 0.3 is 6.09 Å². The van der Waals surface area contributed by atoms with Gasteiger partial charge < -0.3 is 19.1 Å². The molecule has 0 bridgehead atoms. The Morgan fingerprint density at radius 2 is 1.95 bits per heavy atom. The van der Waals surface area contributed by atoms with Gasteiger partial charge in [-0.25, -0.2) is 4.79 Å². The Hall–Kier alpha value is -0.850. The summed E-state index contributed by atoms with van der Waals surface area (Å²) in [6, 6.07) is 0. The molecule has 0 N–H and O–H groups in total. The van der Waals surface area contributed by atoms with Gasteiger partial charge in [-0.3, -0.25) is 4.90 Å². The van der Waals surface area contributed by atoms with Crippen LogP contribution in [0, 0.1) is 0 Å². The van der Waals surface area contributed by atoms with Crippen LogP contribution in [0.3, 0.4) is 0 Å². The van der Waals surface area contributed by atoms with E-state index >= 15 is 0 Å². The lowest BCUT2D eigenvalue weighted by Crippen LogP contribution is -2.39. The molecule has 0 radical (unpaired) electrons. The van der Waals surface area contributed by atoms with Crippen molar-refractivity contribution in [2.24, 2.45) is 0 Å². The summed E-state index contributed by atoms with van der Waals surface area (Å²) >= 11 is 0. The minimum absolute atomic E-state index is 0.138. The molecule has 0 aromatic rings. The van der Waals surface area contributed by atoms with Crippen LogP contribution in [-0.4, -0.2) is 80.1 Å². The van der Waals surface area contributed by atoms with E-state index in [0.717, 1.165) is 45.8 Å². The highest BCUT2D eigenvalue weighted by molar-refractivity contribution is 5.68. The molecule has 1 amide bonds. The summed E-state index contributed by atoms with van der Waals surface area (Å²) in [5.74, 6) is 0. The highest BCUT2D eigenvalue weighted by atomic mass is 16.6. The number of nitrogens with zero attached hydrogens (tertiary/aromatic N) is 2. The van der Waals surface area contributed by atoms with Crippen molar-refractivity contribution in [3.05, 3.63) is 0 Å². The molecule has 2 aliphatic heterocycles. The molecule has 1 unspecified atom stereocenters. The van der Waals surface area contributed by atoms with Gasteiger partial charge in [-0.05, 0) is 27.2 Å². The number of hydrogen-bond acceptors (Lipinski definition) is 5. The fourth-order valence-corrected chi connectivity index (χ4v) is 2.53. The van der Waals surface area contributed by atoms with Crippen molar-refractivity contribution in [1.82, 2.24) is 9.80 Å². The van der Waals surface area contributed by atoms with E-state index in [1.165, 1.54) is 0 Å². The Morgan fingerprint density at radius 3 is 2.62 bits per heavy atom. The highest BCUT2D eigenvalue weighted by Crippen LogP contribution is 2.17. The van der Waals surface area contributed by atoms with Gasteiger partial charge in [-0.15, -0.1) is 0 Å². The molecule has 2 fully saturated rings. The average Bonchev–Trinajstić information content (AvgIpc) is 2.87. The molecule has 21 heavy (non-hydrogen) atoms. The minimum atomic E-state index is -0.438. The zero-order valence-electron chi connectivity index (χ0n) is 13.5. The van der Waals surface area contributed by atoms with E-state index in [-0.39, 0.29) is 12.2 Å². The lowest BCUT2D eigenvalue weighted by atomic mass is 10.2. The number of morpholine rings is 1. The molecule has 122 valence electrons. The van der Waals surface area contributed by atoms with E-state index in [9.17, 15) is 4.79 Å². The Morgan fingerprint density at radius 1 is 1.24 bits per heavy atom. The molecule has 1 atom stereocenters. The maximum absolute atomic E-state index is 12.0. The van der Waals surface area contributed by atoms with Crippen LogP contribution in [0.2, 0.25) is 0 Å². The quantitative estimate of drug-likeness (QED) is 0.784. The van der Waals surface area contributed by atoms with Gasteiger partial charge in [0, 0.05) is 26.2 Å². The number of hydrogen-bond donors (Lipinski definition) is 0. The van der Waals surface area contributed by atoms with Crippen LogP contribution in [0.1, 0.15) is 27.2 Å². The largest absolute Gasteiger partial charge is 0.444 e. The topological polar surface area (TPSA) is 51.2 Å². The maximum atomic E-state index is 12.0. The first-order valence-corrected chi connectivity index (χ1v) is 7.84. The van der Waals surface area contributed by atoms with Crippen LogP contribution in [0.4, 0.5) is 4.79 Å². The van der Waals surface area contributed by atoms with Crippen molar-refractivity contribution in [3.63, 3.8) is 0 Å². The fourth-order valence-electron chi connectivity index (χ4n) is 2.53. The van der Waals surface area contributed by atoms with Crippen LogP contribution in [-0.2, 0) is 14.2 Å². The number of amides is 1. The first kappa shape index (κ1) is 16.5. The highest BCUT2D eigenvalue weighted by Gasteiger charge is 2.30. The molecule has 0 aliphatic carbocycles. The molecule has 6 heteroatoms. The van der Waals surface area contributed by atoms with Gasteiger partial charge in [0.25, 0.3) is 0 Å². The average molecular weight is 300 g/mol. The van der Waals surface area contributed by atoms with Crippen LogP contribution in [0.15, 0.2) is 0 Å². The Labute approximate surface area is 127 Å². The molecular weight excluding hydrogens is 272 g/mol. The molecule has 0 aromatic carbocycles. The van der Waals surface area contributed by atoms with Crippen molar-refractivity contribution >= 4 is 6.09 Å². The number of carbonyl (C=O) groups excluding carboxylic acids is 1. The van der Waals surface area contributed by atoms with Crippen molar-refractivity contribution in [2.75, 3.05) is 52.5 Å². The first-order chi connectivity index (χ1) is 9.94. The van der Waals surface area contributed by atoms with E-state index in [1.807, 2.05) is 20.8 Å². The molecule has 0 spiro atoms. The van der Waals surface area contributed by atoms with Crippen LogP contribution in [0.25, 0.3) is 0 Å². The molecule has 0 saturated carbocycles. The number of ether oxygens (including phenoxy) is 3. The summed E-state index contributed by atoms with van der Waals surface area (Å²) < 4.78 is 16.6. The number of rotatable bonds is 4. The molecule has 2 rings (SSSR count). The van der Waals surface area contributed by atoms with Gasteiger partial charge in [0.1, 0.15) is 5.60 Å². The van der Waals surface area contributed by atoms with Gasteiger partial charge in [0.2, 0.25) is 0 Å². The van der Waals surface area contributed by atoms with Gasteiger partial charge in [0.15, 0.2) is 0 Å². The molecule has 0 aromatic heterocycles. The van der Waals surface area contributed by atoms with Crippen LogP contribution in [0.5, 0.6) is 0 Å². The minimum Gasteiger partial charge on any atom is -0.444 e. The van der Waals surface area contributed by atoms with E-state index in [4.69, 9.17) is 14.2 Å². The van der Waals surface area contributed by atoms with Crippen LogP contribution < -0.4 is 0 Å². The zero-order chi connectivity index (χ0) is 15.3. The van der Waals surface area contributed by atoms with Crippen molar-refractivity contribution in [3.8, 4) is 0 Å². The fraction of sp³-hybridized carbons (Fsp3) is 0.933. The standard InChI is InChI=1S/C15H28N2O4/c1-15(2,3)21-14(18)17-5-4-13(12-17)20-11-8-16-6-9-19-10-7-16/h13H,4-12H2,1-3H3. The Kier molecular flexibility index (Phi) is 5.84. The third-order valence-electron chi connectivity index (χ3n) is 3.66. The normalized spacial score (nSPS) is 24.3. The summed E-state index contributed by atoms with van der Waals surface area (Å²) in [6.45, 7) is 12.3. The smallest absolute Gasteiger partial charge is 0.410 e. The summed E-state index contributed by atoms with van der Waals surface area (Å²) in [4.78, 5) is 16.0. The zero-order valence-corrected chi connectivity index (χ0v) is 13.5. The Bertz CT molecular complexity index is 337. The summed E-state index contributed by atoms with van der Waals surface area (Å²) in [5.41, 5.74) is -0.438. The lowest BCUT2D eigenvalue weighted by molar-refractivity contribution is 0.000604. The van der Waals surface area contributed by atoms with Crippen molar-refractivity contribution in [2.45, 2.75) is 38.9 Å². The second-order valence-corrected chi connectivity index (χ2v) is 6.66.